The highest BCUT2D eigenvalue weighted by atomic mass is 32.2. The van der Waals surface area contributed by atoms with Crippen LogP contribution in [0.1, 0.15) is 38.2 Å². The summed E-state index contributed by atoms with van der Waals surface area (Å²) < 4.78 is 0.151. The van der Waals surface area contributed by atoms with Crippen LogP contribution in [0.25, 0.3) is 0 Å². The minimum atomic E-state index is -0.541. The molecule has 1 unspecified atom stereocenters. The number of aromatic amines is 2. The van der Waals surface area contributed by atoms with Gasteiger partial charge in [-0.05, 0) is 24.5 Å². The highest BCUT2D eigenvalue weighted by Gasteiger charge is 2.32. The number of hydrogen-bond donors (Lipinski definition) is 3. The number of nitrogens with one attached hydrogen (secondary N) is 2. The lowest BCUT2D eigenvalue weighted by molar-refractivity contribution is 0.502. The predicted molar refractivity (Wildman–Crippen MR) is 70.6 cm³/mol. The summed E-state index contributed by atoms with van der Waals surface area (Å²) in [6.45, 7) is 4.33. The first-order valence-corrected chi connectivity index (χ1v) is 6.63. The van der Waals surface area contributed by atoms with E-state index in [1.807, 2.05) is 11.8 Å². The molecule has 17 heavy (non-hydrogen) atoms. The minimum Gasteiger partial charge on any atom is -0.385 e. The van der Waals surface area contributed by atoms with Crippen LogP contribution in [0.2, 0.25) is 0 Å². The number of rotatable bonds is 1. The molecule has 1 fully saturated rings. The zero-order valence-electron chi connectivity index (χ0n) is 10.0. The van der Waals surface area contributed by atoms with E-state index in [4.69, 9.17) is 5.73 Å². The van der Waals surface area contributed by atoms with E-state index < -0.39 is 5.69 Å². The van der Waals surface area contributed by atoms with Crippen LogP contribution in [0.5, 0.6) is 0 Å². The second-order valence-corrected chi connectivity index (χ2v) is 6.84. The molecular formula is C11H17N3O2S. The van der Waals surface area contributed by atoms with Crippen molar-refractivity contribution in [1.82, 2.24) is 9.97 Å². The molecule has 1 aromatic rings. The van der Waals surface area contributed by atoms with Crippen molar-refractivity contribution in [3.8, 4) is 0 Å². The number of H-pyrrole nitrogens is 2. The average Bonchev–Trinajstić information content (AvgIpc) is 2.13. The van der Waals surface area contributed by atoms with Gasteiger partial charge in [0.25, 0.3) is 5.56 Å². The van der Waals surface area contributed by atoms with Crippen molar-refractivity contribution in [2.45, 2.75) is 37.4 Å². The van der Waals surface area contributed by atoms with E-state index in [9.17, 15) is 9.59 Å². The van der Waals surface area contributed by atoms with Crippen LogP contribution in [0.3, 0.4) is 0 Å². The van der Waals surface area contributed by atoms with Gasteiger partial charge in [-0.1, -0.05) is 13.8 Å². The molecule has 94 valence electrons. The molecule has 2 heterocycles. The van der Waals surface area contributed by atoms with Gasteiger partial charge in [0.15, 0.2) is 0 Å². The van der Waals surface area contributed by atoms with Crippen LogP contribution in [0.4, 0.5) is 5.82 Å². The predicted octanol–water partition coefficient (Wildman–Crippen LogP) is 1.03. The van der Waals surface area contributed by atoms with Crippen LogP contribution in [0.15, 0.2) is 9.59 Å². The molecule has 0 amide bonds. The quantitative estimate of drug-likeness (QED) is 0.699. The number of nitrogens with two attached hydrogens (primary N) is 1. The Morgan fingerprint density at radius 3 is 2.65 bits per heavy atom. The third-order valence-electron chi connectivity index (χ3n) is 3.12. The van der Waals surface area contributed by atoms with Gasteiger partial charge in [-0.15, -0.1) is 0 Å². The highest BCUT2D eigenvalue weighted by Crippen LogP contribution is 2.42. The SMILES string of the molecule is CC1(C)CC(c2c(N)[nH]c(=O)[nH]c2=O)CCS1. The van der Waals surface area contributed by atoms with Crippen LogP contribution in [-0.4, -0.2) is 20.5 Å². The van der Waals surface area contributed by atoms with Crippen molar-refractivity contribution < 1.29 is 0 Å². The van der Waals surface area contributed by atoms with Gasteiger partial charge in [0.05, 0.1) is 5.56 Å². The monoisotopic (exact) mass is 255 g/mol. The second kappa shape index (κ2) is 4.25. The lowest BCUT2D eigenvalue weighted by atomic mass is 9.88. The Balaban J connectivity index is 2.41. The summed E-state index contributed by atoms with van der Waals surface area (Å²) in [5, 5.41) is 0. The molecule has 1 atom stereocenters. The number of thioether (sulfide) groups is 1. The summed E-state index contributed by atoms with van der Waals surface area (Å²) in [7, 11) is 0. The summed E-state index contributed by atoms with van der Waals surface area (Å²) in [5.41, 5.74) is 5.41. The maximum Gasteiger partial charge on any atom is 0.327 e. The van der Waals surface area contributed by atoms with Gasteiger partial charge in [-0.25, -0.2) is 4.79 Å². The Morgan fingerprint density at radius 1 is 1.35 bits per heavy atom. The minimum absolute atomic E-state index is 0.131. The van der Waals surface area contributed by atoms with Gasteiger partial charge < -0.3 is 5.73 Å². The van der Waals surface area contributed by atoms with Gasteiger partial charge >= 0.3 is 5.69 Å². The van der Waals surface area contributed by atoms with Crippen molar-refractivity contribution in [2.75, 3.05) is 11.5 Å². The van der Waals surface area contributed by atoms with Crippen LogP contribution in [-0.2, 0) is 0 Å². The van der Waals surface area contributed by atoms with E-state index in [0.717, 1.165) is 18.6 Å². The third kappa shape index (κ3) is 2.57. The number of aromatic nitrogens is 2. The smallest absolute Gasteiger partial charge is 0.327 e. The summed E-state index contributed by atoms with van der Waals surface area (Å²) in [6, 6.07) is 0. The fraction of sp³-hybridized carbons (Fsp3) is 0.636. The maximum atomic E-state index is 11.8. The summed E-state index contributed by atoms with van der Waals surface area (Å²) in [5.74, 6) is 1.36. The molecule has 1 aliphatic rings. The molecule has 1 aromatic heterocycles. The lowest BCUT2D eigenvalue weighted by Gasteiger charge is -2.34. The van der Waals surface area contributed by atoms with Gasteiger partial charge in [-0.2, -0.15) is 11.8 Å². The molecule has 1 aliphatic heterocycles. The fourth-order valence-electron chi connectivity index (χ4n) is 2.40. The zero-order valence-corrected chi connectivity index (χ0v) is 10.8. The van der Waals surface area contributed by atoms with Crippen molar-refractivity contribution in [3.05, 3.63) is 26.4 Å². The Bertz CT molecular complexity index is 532. The number of nitrogen functional groups attached to an aromatic ring is 1. The fourth-order valence-corrected chi connectivity index (χ4v) is 3.67. The molecule has 2 rings (SSSR count). The summed E-state index contributed by atoms with van der Waals surface area (Å²) in [6.07, 6.45) is 1.82. The standard InChI is InChI=1S/C11H17N3O2S/c1-11(2)5-6(3-4-17-11)7-8(12)13-10(16)14-9(7)15/h6H,3-5H2,1-2H3,(H4,12,13,14,15,16). The van der Waals surface area contributed by atoms with E-state index in [1.165, 1.54) is 0 Å². The molecule has 0 saturated carbocycles. The Morgan fingerprint density at radius 2 is 2.06 bits per heavy atom. The van der Waals surface area contributed by atoms with Crippen molar-refractivity contribution in [1.29, 1.82) is 0 Å². The van der Waals surface area contributed by atoms with Crippen molar-refractivity contribution >= 4 is 17.6 Å². The van der Waals surface area contributed by atoms with Crippen molar-refractivity contribution in [3.63, 3.8) is 0 Å². The number of anilines is 1. The first-order valence-electron chi connectivity index (χ1n) is 5.65. The van der Waals surface area contributed by atoms with E-state index in [2.05, 4.69) is 23.8 Å². The number of hydrogen-bond acceptors (Lipinski definition) is 4. The van der Waals surface area contributed by atoms with E-state index in [1.54, 1.807) is 0 Å². The van der Waals surface area contributed by atoms with Gasteiger partial charge in [-0.3, -0.25) is 14.8 Å². The first-order chi connectivity index (χ1) is 7.89. The second-order valence-electron chi connectivity index (χ2n) is 5.03. The van der Waals surface area contributed by atoms with E-state index in [-0.39, 0.29) is 22.0 Å². The molecule has 5 nitrogen and oxygen atoms in total. The third-order valence-corrected chi connectivity index (χ3v) is 4.50. The van der Waals surface area contributed by atoms with Crippen molar-refractivity contribution in [2.24, 2.45) is 0 Å². The Hall–Kier alpha value is -1.17. The molecule has 0 spiro atoms. The lowest BCUT2D eigenvalue weighted by Crippen LogP contribution is -2.33. The summed E-state index contributed by atoms with van der Waals surface area (Å²) >= 11 is 1.91. The molecule has 0 aliphatic carbocycles. The van der Waals surface area contributed by atoms with Crippen LogP contribution >= 0.6 is 11.8 Å². The molecule has 4 N–H and O–H groups in total. The largest absolute Gasteiger partial charge is 0.385 e. The molecular weight excluding hydrogens is 238 g/mol. The maximum absolute atomic E-state index is 11.8. The van der Waals surface area contributed by atoms with Gasteiger partial charge in [0, 0.05) is 4.75 Å². The Kier molecular flexibility index (Phi) is 3.07. The summed E-state index contributed by atoms with van der Waals surface area (Å²) in [4.78, 5) is 27.6. The van der Waals surface area contributed by atoms with Crippen LogP contribution < -0.4 is 17.0 Å². The topological polar surface area (TPSA) is 91.7 Å². The first kappa shape index (κ1) is 12.3. The average molecular weight is 255 g/mol. The molecule has 0 radical (unpaired) electrons. The Labute approximate surface area is 103 Å². The van der Waals surface area contributed by atoms with Crippen LogP contribution in [0, 0.1) is 0 Å². The van der Waals surface area contributed by atoms with Gasteiger partial charge in [0.2, 0.25) is 0 Å². The normalized spacial score (nSPS) is 23.5. The van der Waals surface area contributed by atoms with Gasteiger partial charge in [0.1, 0.15) is 5.82 Å². The molecule has 0 aromatic carbocycles. The molecule has 1 saturated heterocycles. The highest BCUT2D eigenvalue weighted by molar-refractivity contribution is 8.00. The molecule has 0 bridgehead atoms. The van der Waals surface area contributed by atoms with E-state index >= 15 is 0 Å². The zero-order chi connectivity index (χ0) is 12.6. The van der Waals surface area contributed by atoms with E-state index in [0.29, 0.717) is 5.56 Å². The molecule has 6 heteroatoms.